The average Bonchev–Trinajstić information content (AvgIpc) is 2.71. The third kappa shape index (κ3) is 3.72. The molecular weight excluding hydrogens is 270 g/mol. The van der Waals surface area contributed by atoms with Crippen molar-refractivity contribution in [3.63, 3.8) is 0 Å². The zero-order valence-electron chi connectivity index (χ0n) is 11.8. The second-order valence-electron chi connectivity index (χ2n) is 4.83. The predicted octanol–water partition coefficient (Wildman–Crippen LogP) is 0.674. The summed E-state index contributed by atoms with van der Waals surface area (Å²) in [5.41, 5.74) is 0.380. The van der Waals surface area contributed by atoms with Crippen LogP contribution in [0.15, 0.2) is 24.3 Å². The molecule has 1 aromatic rings. The van der Waals surface area contributed by atoms with E-state index in [0.717, 1.165) is 6.42 Å². The van der Waals surface area contributed by atoms with E-state index in [1.54, 1.807) is 31.2 Å². The maximum absolute atomic E-state index is 12.3. The Morgan fingerprint density at radius 3 is 3.00 bits per heavy atom. The minimum Gasteiger partial charge on any atom is -0.480 e. The minimum absolute atomic E-state index is 0.0480. The van der Waals surface area contributed by atoms with Crippen LogP contribution in [0, 0.1) is 11.3 Å². The third-order valence-corrected chi connectivity index (χ3v) is 3.23. The molecule has 1 aliphatic heterocycles. The summed E-state index contributed by atoms with van der Waals surface area (Å²) < 4.78 is 5.58. The summed E-state index contributed by atoms with van der Waals surface area (Å²) in [6.45, 7) is 2.77. The first-order valence-corrected chi connectivity index (χ1v) is 6.83. The van der Waals surface area contributed by atoms with Crippen LogP contribution in [0.3, 0.4) is 0 Å². The smallest absolute Gasteiger partial charge is 0.263 e. The molecule has 1 saturated heterocycles. The van der Waals surface area contributed by atoms with Gasteiger partial charge in [-0.1, -0.05) is 12.1 Å². The number of ether oxygens (including phenoxy) is 1. The van der Waals surface area contributed by atoms with E-state index >= 15 is 0 Å². The second-order valence-corrected chi connectivity index (χ2v) is 4.83. The van der Waals surface area contributed by atoms with Gasteiger partial charge in [-0.3, -0.25) is 9.59 Å². The lowest BCUT2D eigenvalue weighted by molar-refractivity contribution is -0.140. The van der Waals surface area contributed by atoms with E-state index in [2.05, 4.69) is 5.32 Å². The summed E-state index contributed by atoms with van der Waals surface area (Å²) in [6.07, 6.45) is -0.0238. The minimum atomic E-state index is -0.745. The van der Waals surface area contributed by atoms with Crippen LogP contribution < -0.4 is 10.1 Å². The van der Waals surface area contributed by atoms with Crippen molar-refractivity contribution < 1.29 is 14.3 Å². The van der Waals surface area contributed by atoms with Crippen LogP contribution >= 0.6 is 0 Å². The van der Waals surface area contributed by atoms with Crippen molar-refractivity contribution in [2.45, 2.75) is 19.4 Å². The van der Waals surface area contributed by atoms with Crippen LogP contribution in [0.1, 0.15) is 18.9 Å². The van der Waals surface area contributed by atoms with Gasteiger partial charge in [0.1, 0.15) is 11.8 Å². The molecule has 1 N–H and O–H groups in total. The second kappa shape index (κ2) is 6.75. The quantitative estimate of drug-likeness (QED) is 0.886. The van der Waals surface area contributed by atoms with Crippen LogP contribution in [0.2, 0.25) is 0 Å². The fourth-order valence-electron chi connectivity index (χ4n) is 2.15. The van der Waals surface area contributed by atoms with Crippen molar-refractivity contribution >= 4 is 11.8 Å². The highest BCUT2D eigenvalue weighted by Crippen LogP contribution is 2.18. The zero-order valence-corrected chi connectivity index (χ0v) is 11.8. The molecule has 0 radical (unpaired) electrons. The molecule has 1 aliphatic rings. The fourth-order valence-corrected chi connectivity index (χ4v) is 2.15. The van der Waals surface area contributed by atoms with Gasteiger partial charge < -0.3 is 15.0 Å². The molecule has 2 rings (SSSR count). The molecule has 1 heterocycles. The first kappa shape index (κ1) is 14.9. The largest absolute Gasteiger partial charge is 0.480 e. The van der Waals surface area contributed by atoms with Gasteiger partial charge in [0.15, 0.2) is 6.10 Å². The Morgan fingerprint density at radius 1 is 1.48 bits per heavy atom. The summed E-state index contributed by atoms with van der Waals surface area (Å²) in [6, 6.07) is 8.78. The van der Waals surface area contributed by atoms with Crippen LogP contribution in [-0.4, -0.2) is 42.5 Å². The van der Waals surface area contributed by atoms with Gasteiger partial charge in [-0.25, -0.2) is 0 Å². The highest BCUT2D eigenvalue weighted by Gasteiger charge is 2.25. The SMILES string of the molecule is CC(Oc1ccccc1C#N)C(=O)N1CCCNC(=O)C1. The van der Waals surface area contributed by atoms with Gasteiger partial charge in [-0.15, -0.1) is 0 Å². The Balaban J connectivity index is 2.05. The molecule has 0 spiro atoms. The van der Waals surface area contributed by atoms with E-state index in [1.165, 1.54) is 4.90 Å². The van der Waals surface area contributed by atoms with Gasteiger partial charge >= 0.3 is 0 Å². The first-order chi connectivity index (χ1) is 10.1. The molecular formula is C15H17N3O3. The zero-order chi connectivity index (χ0) is 15.2. The van der Waals surface area contributed by atoms with Crippen molar-refractivity contribution in [1.29, 1.82) is 5.26 Å². The molecule has 1 aromatic carbocycles. The van der Waals surface area contributed by atoms with E-state index in [0.29, 0.717) is 24.4 Å². The Labute approximate surface area is 123 Å². The van der Waals surface area contributed by atoms with Crippen LogP contribution in [0.25, 0.3) is 0 Å². The van der Waals surface area contributed by atoms with Crippen molar-refractivity contribution in [1.82, 2.24) is 10.2 Å². The van der Waals surface area contributed by atoms with Gasteiger partial charge in [0.2, 0.25) is 5.91 Å². The topological polar surface area (TPSA) is 82.4 Å². The maximum atomic E-state index is 12.3. The lowest BCUT2D eigenvalue weighted by Gasteiger charge is -2.23. The van der Waals surface area contributed by atoms with Crippen LogP contribution in [0.4, 0.5) is 0 Å². The molecule has 1 fully saturated rings. The van der Waals surface area contributed by atoms with Gasteiger partial charge in [0.05, 0.1) is 12.1 Å². The number of carbonyl (C=O) groups excluding carboxylic acids is 2. The number of hydrogen-bond acceptors (Lipinski definition) is 4. The number of nitrogens with zero attached hydrogens (tertiary/aromatic N) is 2. The van der Waals surface area contributed by atoms with Gasteiger partial charge in [-0.2, -0.15) is 5.26 Å². The lowest BCUT2D eigenvalue weighted by Crippen LogP contribution is -2.43. The van der Waals surface area contributed by atoms with Crippen LogP contribution in [0.5, 0.6) is 5.75 Å². The van der Waals surface area contributed by atoms with Crippen molar-refractivity contribution in [2.75, 3.05) is 19.6 Å². The maximum Gasteiger partial charge on any atom is 0.263 e. The Morgan fingerprint density at radius 2 is 2.24 bits per heavy atom. The summed E-state index contributed by atoms with van der Waals surface area (Å²) in [7, 11) is 0. The predicted molar refractivity (Wildman–Crippen MR) is 75.5 cm³/mol. The van der Waals surface area contributed by atoms with Crippen molar-refractivity contribution in [3.05, 3.63) is 29.8 Å². The molecule has 0 aliphatic carbocycles. The van der Waals surface area contributed by atoms with E-state index in [4.69, 9.17) is 10.00 Å². The molecule has 2 amide bonds. The highest BCUT2D eigenvalue weighted by atomic mass is 16.5. The van der Waals surface area contributed by atoms with E-state index in [-0.39, 0.29) is 18.4 Å². The summed E-state index contributed by atoms with van der Waals surface area (Å²) in [4.78, 5) is 25.3. The number of hydrogen-bond donors (Lipinski definition) is 1. The van der Waals surface area contributed by atoms with Crippen molar-refractivity contribution in [3.8, 4) is 11.8 Å². The van der Waals surface area contributed by atoms with E-state index < -0.39 is 6.10 Å². The first-order valence-electron chi connectivity index (χ1n) is 6.83. The lowest BCUT2D eigenvalue weighted by atomic mass is 10.2. The Kier molecular flexibility index (Phi) is 4.77. The molecule has 6 heteroatoms. The summed E-state index contributed by atoms with van der Waals surface area (Å²) >= 11 is 0. The van der Waals surface area contributed by atoms with Gasteiger partial charge in [-0.05, 0) is 25.5 Å². The molecule has 110 valence electrons. The molecule has 0 bridgehead atoms. The summed E-state index contributed by atoms with van der Waals surface area (Å²) in [5, 5.41) is 11.7. The number of benzene rings is 1. The number of amides is 2. The summed E-state index contributed by atoms with van der Waals surface area (Å²) in [5.74, 6) is -0.0367. The Bertz CT molecular complexity index is 580. The average molecular weight is 287 g/mol. The monoisotopic (exact) mass is 287 g/mol. The van der Waals surface area contributed by atoms with E-state index in [1.807, 2.05) is 6.07 Å². The highest BCUT2D eigenvalue weighted by molar-refractivity contribution is 5.87. The number of para-hydroxylation sites is 1. The standard InChI is InChI=1S/C15H17N3O3/c1-11(21-13-6-3-2-5-12(13)9-16)15(20)18-8-4-7-17-14(19)10-18/h2-3,5-6,11H,4,7-8,10H2,1H3,(H,17,19). The number of nitrogens with one attached hydrogen (secondary N) is 1. The molecule has 6 nitrogen and oxygen atoms in total. The van der Waals surface area contributed by atoms with Crippen LogP contribution in [-0.2, 0) is 9.59 Å². The normalized spacial score (nSPS) is 16.4. The number of carbonyl (C=O) groups is 2. The van der Waals surface area contributed by atoms with Crippen molar-refractivity contribution in [2.24, 2.45) is 0 Å². The molecule has 0 saturated carbocycles. The molecule has 21 heavy (non-hydrogen) atoms. The number of rotatable bonds is 3. The van der Waals surface area contributed by atoms with E-state index in [9.17, 15) is 9.59 Å². The fraction of sp³-hybridized carbons (Fsp3) is 0.400. The van der Waals surface area contributed by atoms with Gasteiger partial charge in [0, 0.05) is 13.1 Å². The third-order valence-electron chi connectivity index (χ3n) is 3.23. The Hall–Kier alpha value is -2.55. The molecule has 1 atom stereocenters. The molecule has 0 aromatic heterocycles. The molecule has 1 unspecified atom stereocenters. The number of nitriles is 1. The van der Waals surface area contributed by atoms with Gasteiger partial charge in [0.25, 0.3) is 5.91 Å².